The minimum atomic E-state index is -4.49. The van der Waals surface area contributed by atoms with Gasteiger partial charge in [-0.25, -0.2) is 4.98 Å². The zero-order valence-electron chi connectivity index (χ0n) is 14.3. The third-order valence-electron chi connectivity index (χ3n) is 3.35. The molecule has 0 aliphatic rings. The Morgan fingerprint density at radius 3 is 2.44 bits per heavy atom. The number of rotatable bonds is 8. The molecule has 0 spiro atoms. The molecule has 0 aliphatic carbocycles. The summed E-state index contributed by atoms with van der Waals surface area (Å²) in [5, 5.41) is 4.98. The lowest BCUT2D eigenvalue weighted by molar-refractivity contribution is -0.154. The number of hydrogen-bond acceptors (Lipinski definition) is 4. The summed E-state index contributed by atoms with van der Waals surface area (Å²) in [7, 11) is 0. The van der Waals surface area contributed by atoms with Crippen LogP contribution in [0.2, 0.25) is 0 Å². The highest BCUT2D eigenvalue weighted by Crippen LogP contribution is 2.19. The third kappa shape index (κ3) is 7.76. The molecular weight excluding hydrogens is 363 g/mol. The molecule has 1 heterocycles. The SMILES string of the molecule is O=C(CNC(=O)Cc1ccccc1)NCc1cccnc1OCC(F)(F)F. The number of alkyl halides is 3. The molecule has 2 N–H and O–H groups in total. The number of benzene rings is 1. The summed E-state index contributed by atoms with van der Waals surface area (Å²) in [6, 6.07) is 12.1. The Labute approximate surface area is 153 Å². The monoisotopic (exact) mass is 381 g/mol. The van der Waals surface area contributed by atoms with E-state index in [0.29, 0.717) is 5.56 Å². The molecule has 1 aromatic carbocycles. The molecule has 2 rings (SSSR count). The smallest absolute Gasteiger partial charge is 0.422 e. The fraction of sp³-hybridized carbons (Fsp3) is 0.278. The van der Waals surface area contributed by atoms with Gasteiger partial charge in [0.15, 0.2) is 6.61 Å². The highest BCUT2D eigenvalue weighted by Gasteiger charge is 2.29. The Balaban J connectivity index is 1.77. The van der Waals surface area contributed by atoms with Gasteiger partial charge in [0.1, 0.15) is 0 Å². The van der Waals surface area contributed by atoms with E-state index in [4.69, 9.17) is 0 Å². The minimum absolute atomic E-state index is 0.0750. The molecule has 0 fully saturated rings. The normalized spacial score (nSPS) is 10.9. The number of carbonyl (C=O) groups excluding carboxylic acids is 2. The Hall–Kier alpha value is -3.10. The van der Waals surface area contributed by atoms with Crippen LogP contribution in [0.4, 0.5) is 13.2 Å². The van der Waals surface area contributed by atoms with E-state index < -0.39 is 18.7 Å². The quantitative estimate of drug-likeness (QED) is 0.733. The molecule has 0 atom stereocenters. The first kappa shape index (κ1) is 20.2. The van der Waals surface area contributed by atoms with E-state index in [9.17, 15) is 22.8 Å². The van der Waals surface area contributed by atoms with Gasteiger partial charge < -0.3 is 15.4 Å². The van der Waals surface area contributed by atoms with Gasteiger partial charge in [-0.3, -0.25) is 9.59 Å². The number of aromatic nitrogens is 1. The maximum absolute atomic E-state index is 12.3. The summed E-state index contributed by atoms with van der Waals surface area (Å²) in [5.74, 6) is -1.00. The number of ether oxygens (including phenoxy) is 1. The van der Waals surface area contributed by atoms with E-state index in [0.717, 1.165) is 5.56 Å². The standard InChI is InChI=1S/C18H18F3N3O3/c19-18(20,21)12-27-17-14(7-4-8-22-17)10-23-16(26)11-24-15(25)9-13-5-2-1-3-6-13/h1-8H,9-12H2,(H,23,26)(H,24,25). The predicted molar refractivity (Wildman–Crippen MR) is 90.8 cm³/mol. The number of carbonyl (C=O) groups is 2. The van der Waals surface area contributed by atoms with Gasteiger partial charge in [0, 0.05) is 18.3 Å². The Morgan fingerprint density at radius 2 is 1.74 bits per heavy atom. The average Bonchev–Trinajstić information content (AvgIpc) is 2.64. The second-order valence-corrected chi connectivity index (χ2v) is 5.59. The highest BCUT2D eigenvalue weighted by atomic mass is 19.4. The van der Waals surface area contributed by atoms with Crippen molar-refractivity contribution in [1.29, 1.82) is 0 Å². The molecule has 2 aromatic rings. The average molecular weight is 381 g/mol. The molecule has 27 heavy (non-hydrogen) atoms. The van der Waals surface area contributed by atoms with Gasteiger partial charge in [0.25, 0.3) is 0 Å². The number of nitrogens with one attached hydrogen (secondary N) is 2. The van der Waals surface area contributed by atoms with Crippen molar-refractivity contribution in [2.24, 2.45) is 0 Å². The van der Waals surface area contributed by atoms with Crippen LogP contribution in [0.3, 0.4) is 0 Å². The molecule has 144 valence electrons. The summed E-state index contributed by atoms with van der Waals surface area (Å²) in [4.78, 5) is 27.4. The van der Waals surface area contributed by atoms with Gasteiger partial charge >= 0.3 is 6.18 Å². The molecular formula is C18H18F3N3O3. The molecule has 0 unspecified atom stereocenters. The fourth-order valence-electron chi connectivity index (χ4n) is 2.12. The van der Waals surface area contributed by atoms with Crippen molar-refractivity contribution in [3.8, 4) is 5.88 Å². The van der Waals surface area contributed by atoms with Crippen LogP contribution < -0.4 is 15.4 Å². The molecule has 1 aromatic heterocycles. The van der Waals surface area contributed by atoms with Crippen molar-refractivity contribution in [2.45, 2.75) is 19.1 Å². The third-order valence-corrected chi connectivity index (χ3v) is 3.35. The second kappa shape index (κ2) is 9.56. The fourth-order valence-corrected chi connectivity index (χ4v) is 2.12. The molecule has 9 heteroatoms. The molecule has 0 saturated carbocycles. The van der Waals surface area contributed by atoms with E-state index in [1.165, 1.54) is 18.3 Å². The summed E-state index contributed by atoms with van der Waals surface area (Å²) >= 11 is 0. The lowest BCUT2D eigenvalue weighted by Crippen LogP contribution is -2.37. The number of halogens is 3. The first-order valence-corrected chi connectivity index (χ1v) is 8.04. The minimum Gasteiger partial charge on any atom is -0.468 e. The molecule has 0 saturated heterocycles. The van der Waals surface area contributed by atoms with Crippen LogP contribution in [0, 0.1) is 0 Å². The van der Waals surface area contributed by atoms with Crippen LogP contribution in [-0.4, -0.2) is 36.1 Å². The van der Waals surface area contributed by atoms with Crippen molar-refractivity contribution < 1.29 is 27.5 Å². The van der Waals surface area contributed by atoms with Crippen LogP contribution in [0.25, 0.3) is 0 Å². The van der Waals surface area contributed by atoms with Crippen molar-refractivity contribution in [3.05, 3.63) is 59.8 Å². The van der Waals surface area contributed by atoms with Gasteiger partial charge in [0.05, 0.1) is 13.0 Å². The summed E-state index contributed by atoms with van der Waals surface area (Å²) in [5.41, 5.74) is 1.11. The van der Waals surface area contributed by atoms with Crippen molar-refractivity contribution in [1.82, 2.24) is 15.6 Å². The van der Waals surface area contributed by atoms with Gasteiger partial charge in [-0.05, 0) is 11.6 Å². The van der Waals surface area contributed by atoms with E-state index in [-0.39, 0.29) is 31.3 Å². The maximum Gasteiger partial charge on any atom is 0.422 e. The lowest BCUT2D eigenvalue weighted by atomic mass is 10.1. The van der Waals surface area contributed by atoms with E-state index in [2.05, 4.69) is 20.4 Å². The Bertz CT molecular complexity index is 767. The summed E-state index contributed by atoms with van der Waals surface area (Å²) < 4.78 is 41.4. The van der Waals surface area contributed by atoms with Crippen LogP contribution in [0.1, 0.15) is 11.1 Å². The second-order valence-electron chi connectivity index (χ2n) is 5.59. The van der Waals surface area contributed by atoms with Crippen LogP contribution >= 0.6 is 0 Å². The van der Waals surface area contributed by atoms with Crippen LogP contribution in [-0.2, 0) is 22.6 Å². The largest absolute Gasteiger partial charge is 0.468 e. The van der Waals surface area contributed by atoms with Gasteiger partial charge in [-0.1, -0.05) is 36.4 Å². The Kier molecular flexibility index (Phi) is 7.16. The summed E-state index contributed by atoms with van der Waals surface area (Å²) in [6.07, 6.45) is -3.05. The maximum atomic E-state index is 12.3. The van der Waals surface area contributed by atoms with Gasteiger partial charge in [-0.2, -0.15) is 13.2 Å². The van der Waals surface area contributed by atoms with Crippen molar-refractivity contribution in [2.75, 3.05) is 13.2 Å². The highest BCUT2D eigenvalue weighted by molar-refractivity contribution is 5.85. The Morgan fingerprint density at radius 1 is 1.00 bits per heavy atom. The predicted octanol–water partition coefficient (Wildman–Crippen LogP) is 2.00. The van der Waals surface area contributed by atoms with Crippen LogP contribution in [0.5, 0.6) is 5.88 Å². The number of amides is 2. The zero-order chi connectivity index (χ0) is 19.7. The van der Waals surface area contributed by atoms with E-state index in [1.54, 1.807) is 12.1 Å². The molecule has 2 amide bonds. The van der Waals surface area contributed by atoms with Gasteiger partial charge in [-0.15, -0.1) is 0 Å². The molecule has 0 bridgehead atoms. The first-order chi connectivity index (χ1) is 12.8. The molecule has 0 radical (unpaired) electrons. The summed E-state index contributed by atoms with van der Waals surface area (Å²) in [6.45, 7) is -1.79. The number of pyridine rings is 1. The van der Waals surface area contributed by atoms with Crippen molar-refractivity contribution in [3.63, 3.8) is 0 Å². The van der Waals surface area contributed by atoms with Crippen molar-refractivity contribution >= 4 is 11.8 Å². The topological polar surface area (TPSA) is 80.3 Å². The molecule has 6 nitrogen and oxygen atoms in total. The lowest BCUT2D eigenvalue weighted by Gasteiger charge is -2.12. The zero-order valence-corrected chi connectivity index (χ0v) is 14.3. The van der Waals surface area contributed by atoms with Gasteiger partial charge in [0.2, 0.25) is 17.7 Å². The van der Waals surface area contributed by atoms with E-state index in [1.807, 2.05) is 18.2 Å². The van der Waals surface area contributed by atoms with Crippen LogP contribution in [0.15, 0.2) is 48.7 Å². The number of hydrogen-bond donors (Lipinski definition) is 2. The van der Waals surface area contributed by atoms with E-state index >= 15 is 0 Å². The number of nitrogens with zero attached hydrogens (tertiary/aromatic N) is 1. The first-order valence-electron chi connectivity index (χ1n) is 8.04. The molecule has 0 aliphatic heterocycles.